The van der Waals surface area contributed by atoms with E-state index in [0.717, 1.165) is 30.6 Å². The van der Waals surface area contributed by atoms with Crippen molar-refractivity contribution < 1.29 is 27.8 Å². The Morgan fingerprint density at radius 3 is 2.66 bits per heavy atom. The number of thiazole rings is 1. The lowest BCUT2D eigenvalue weighted by atomic mass is 10.1. The van der Waals surface area contributed by atoms with Crippen LogP contribution in [0.3, 0.4) is 0 Å². The number of nitrogens with zero attached hydrogens (tertiary/aromatic N) is 2. The SMILES string of the molecule is CCCCCN(C(=O)c1cccc(OC(F)F)c1)c1nc(C)c(C(=O)OCC)s1. The maximum Gasteiger partial charge on any atom is 0.387 e. The van der Waals surface area contributed by atoms with Crippen LogP contribution >= 0.6 is 11.3 Å². The van der Waals surface area contributed by atoms with E-state index >= 15 is 0 Å². The minimum Gasteiger partial charge on any atom is -0.462 e. The van der Waals surface area contributed by atoms with E-state index in [-0.39, 0.29) is 17.9 Å². The predicted molar refractivity (Wildman–Crippen MR) is 107 cm³/mol. The summed E-state index contributed by atoms with van der Waals surface area (Å²) in [5.74, 6) is -0.978. The highest BCUT2D eigenvalue weighted by Gasteiger charge is 2.25. The maximum absolute atomic E-state index is 13.1. The molecule has 1 aromatic carbocycles. The first-order valence-electron chi connectivity index (χ1n) is 9.38. The van der Waals surface area contributed by atoms with Gasteiger partial charge in [-0.05, 0) is 38.5 Å². The molecule has 0 radical (unpaired) electrons. The van der Waals surface area contributed by atoms with Crippen LogP contribution in [0.25, 0.3) is 0 Å². The standard InChI is InChI=1S/C20H24F2N2O4S/c1-4-6-7-11-24(20-23-13(3)16(29-20)18(26)27-5-2)17(25)14-9-8-10-15(12-14)28-19(21)22/h8-10,12,19H,4-7,11H2,1-3H3. The van der Waals surface area contributed by atoms with Crippen molar-refractivity contribution in [3.05, 3.63) is 40.4 Å². The molecule has 0 atom stereocenters. The van der Waals surface area contributed by atoms with Gasteiger partial charge in [0.15, 0.2) is 5.13 Å². The number of hydrogen-bond donors (Lipinski definition) is 0. The average Bonchev–Trinajstić information content (AvgIpc) is 3.06. The number of ether oxygens (including phenoxy) is 2. The fraction of sp³-hybridized carbons (Fsp3) is 0.450. The number of anilines is 1. The molecule has 0 saturated carbocycles. The zero-order valence-electron chi connectivity index (χ0n) is 16.6. The van der Waals surface area contributed by atoms with Crippen LogP contribution in [-0.4, -0.2) is 36.6 Å². The molecule has 158 valence electrons. The van der Waals surface area contributed by atoms with Crippen LogP contribution < -0.4 is 9.64 Å². The van der Waals surface area contributed by atoms with Crippen LogP contribution in [0.5, 0.6) is 5.75 Å². The number of hydrogen-bond acceptors (Lipinski definition) is 6. The van der Waals surface area contributed by atoms with Gasteiger partial charge in [-0.25, -0.2) is 9.78 Å². The molecule has 0 N–H and O–H groups in total. The van der Waals surface area contributed by atoms with Gasteiger partial charge in [0, 0.05) is 12.1 Å². The van der Waals surface area contributed by atoms with E-state index in [4.69, 9.17) is 4.74 Å². The van der Waals surface area contributed by atoms with Crippen molar-refractivity contribution in [2.24, 2.45) is 0 Å². The number of aromatic nitrogens is 1. The zero-order chi connectivity index (χ0) is 21.4. The van der Waals surface area contributed by atoms with Crippen molar-refractivity contribution in [2.45, 2.75) is 46.6 Å². The molecule has 1 amide bonds. The summed E-state index contributed by atoms with van der Waals surface area (Å²) in [5.41, 5.74) is 0.678. The van der Waals surface area contributed by atoms with Crippen molar-refractivity contribution in [1.29, 1.82) is 0 Å². The Labute approximate surface area is 172 Å². The molecule has 0 unspecified atom stereocenters. The molecule has 2 rings (SSSR count). The first kappa shape index (κ1) is 22.7. The number of amides is 1. The number of aryl methyl sites for hydroxylation is 1. The summed E-state index contributed by atoms with van der Waals surface area (Å²) in [5, 5.41) is 0.367. The van der Waals surface area contributed by atoms with Gasteiger partial charge in [0.2, 0.25) is 0 Å². The van der Waals surface area contributed by atoms with E-state index in [1.807, 2.05) is 6.92 Å². The lowest BCUT2D eigenvalue weighted by Crippen LogP contribution is -2.32. The first-order chi connectivity index (χ1) is 13.9. The quantitative estimate of drug-likeness (QED) is 0.392. The minimum absolute atomic E-state index is 0.0955. The van der Waals surface area contributed by atoms with Gasteiger partial charge in [0.25, 0.3) is 5.91 Å². The molecule has 9 heteroatoms. The second-order valence-corrected chi connectivity index (χ2v) is 7.18. The summed E-state index contributed by atoms with van der Waals surface area (Å²) in [6, 6.07) is 5.64. The average molecular weight is 426 g/mol. The number of esters is 1. The molecule has 0 aliphatic carbocycles. The minimum atomic E-state index is -2.98. The summed E-state index contributed by atoms with van der Waals surface area (Å²) < 4.78 is 34.4. The summed E-state index contributed by atoms with van der Waals surface area (Å²) in [6.07, 6.45) is 2.61. The highest BCUT2D eigenvalue weighted by atomic mass is 32.1. The van der Waals surface area contributed by atoms with Crippen LogP contribution in [0.15, 0.2) is 24.3 Å². The lowest BCUT2D eigenvalue weighted by molar-refractivity contribution is -0.0498. The highest BCUT2D eigenvalue weighted by molar-refractivity contribution is 7.17. The van der Waals surface area contributed by atoms with Gasteiger partial charge < -0.3 is 9.47 Å². The molecule has 0 fully saturated rings. The number of halogens is 2. The molecule has 1 aromatic heterocycles. The molecule has 2 aromatic rings. The molecule has 0 aliphatic heterocycles. The first-order valence-corrected chi connectivity index (χ1v) is 10.2. The van der Waals surface area contributed by atoms with Crippen LogP contribution in [0, 0.1) is 6.92 Å². The van der Waals surface area contributed by atoms with E-state index in [2.05, 4.69) is 9.72 Å². The van der Waals surface area contributed by atoms with Crippen LogP contribution in [-0.2, 0) is 4.74 Å². The number of carbonyl (C=O) groups is 2. The Morgan fingerprint density at radius 1 is 1.24 bits per heavy atom. The maximum atomic E-state index is 13.1. The highest BCUT2D eigenvalue weighted by Crippen LogP contribution is 2.29. The Morgan fingerprint density at radius 2 is 2.00 bits per heavy atom. The van der Waals surface area contributed by atoms with Crippen LogP contribution in [0.1, 0.15) is 58.8 Å². The van der Waals surface area contributed by atoms with Crippen molar-refractivity contribution in [3.63, 3.8) is 0 Å². The molecule has 0 spiro atoms. The molecule has 0 saturated heterocycles. The third-order valence-corrected chi connectivity index (χ3v) is 5.17. The van der Waals surface area contributed by atoms with Crippen molar-refractivity contribution in [1.82, 2.24) is 4.98 Å². The molecule has 0 aliphatic rings. The number of carbonyl (C=O) groups excluding carboxylic acids is 2. The van der Waals surface area contributed by atoms with E-state index in [9.17, 15) is 18.4 Å². The van der Waals surface area contributed by atoms with Gasteiger partial charge in [-0.2, -0.15) is 8.78 Å². The number of unbranched alkanes of at least 4 members (excludes halogenated alkanes) is 2. The van der Waals surface area contributed by atoms with Crippen molar-refractivity contribution >= 4 is 28.3 Å². The second-order valence-electron chi connectivity index (χ2n) is 6.20. The Bertz CT molecular complexity index is 842. The third-order valence-electron chi connectivity index (χ3n) is 4.01. The fourth-order valence-electron chi connectivity index (χ4n) is 2.65. The van der Waals surface area contributed by atoms with Crippen LogP contribution in [0.2, 0.25) is 0 Å². The summed E-state index contributed by atoms with van der Waals surface area (Å²) >= 11 is 1.08. The van der Waals surface area contributed by atoms with Gasteiger partial charge >= 0.3 is 12.6 Å². The summed E-state index contributed by atoms with van der Waals surface area (Å²) in [4.78, 5) is 31.4. The fourth-order valence-corrected chi connectivity index (χ4v) is 3.63. The number of alkyl halides is 2. The molecule has 1 heterocycles. The van der Waals surface area contributed by atoms with Crippen molar-refractivity contribution in [2.75, 3.05) is 18.1 Å². The van der Waals surface area contributed by atoms with E-state index in [0.29, 0.717) is 22.2 Å². The lowest BCUT2D eigenvalue weighted by Gasteiger charge is -2.20. The second kappa shape index (κ2) is 10.8. The van der Waals surface area contributed by atoms with Gasteiger partial charge in [0.05, 0.1) is 12.3 Å². The van der Waals surface area contributed by atoms with Gasteiger partial charge in [-0.15, -0.1) is 0 Å². The predicted octanol–water partition coefficient (Wildman–Crippen LogP) is 5.07. The van der Waals surface area contributed by atoms with E-state index < -0.39 is 18.5 Å². The largest absolute Gasteiger partial charge is 0.462 e. The molecular weight excluding hydrogens is 402 g/mol. The van der Waals surface area contributed by atoms with Crippen molar-refractivity contribution in [3.8, 4) is 5.75 Å². The zero-order valence-corrected chi connectivity index (χ0v) is 17.4. The Kier molecular flexibility index (Phi) is 8.50. The topological polar surface area (TPSA) is 68.7 Å². The van der Waals surface area contributed by atoms with Crippen LogP contribution in [0.4, 0.5) is 13.9 Å². The normalized spacial score (nSPS) is 10.8. The molecular formula is C20H24F2N2O4S. The van der Waals surface area contributed by atoms with Gasteiger partial charge in [0.1, 0.15) is 10.6 Å². The third kappa shape index (κ3) is 6.22. The van der Waals surface area contributed by atoms with E-state index in [1.54, 1.807) is 13.8 Å². The Balaban J connectivity index is 2.34. The number of benzene rings is 1. The number of rotatable bonds is 10. The summed E-state index contributed by atoms with van der Waals surface area (Å²) in [7, 11) is 0. The van der Waals surface area contributed by atoms with E-state index in [1.165, 1.54) is 29.2 Å². The van der Waals surface area contributed by atoms with Gasteiger partial charge in [-0.1, -0.05) is 37.2 Å². The summed E-state index contributed by atoms with van der Waals surface area (Å²) in [6.45, 7) is 3.09. The molecule has 0 bridgehead atoms. The smallest absolute Gasteiger partial charge is 0.387 e. The monoisotopic (exact) mass is 426 g/mol. The Hall–Kier alpha value is -2.55. The van der Waals surface area contributed by atoms with Gasteiger partial charge in [-0.3, -0.25) is 9.69 Å². The molecule has 29 heavy (non-hydrogen) atoms. The molecule has 6 nitrogen and oxygen atoms in total.